The van der Waals surface area contributed by atoms with E-state index in [4.69, 9.17) is 4.74 Å². The van der Waals surface area contributed by atoms with Gasteiger partial charge in [0.1, 0.15) is 6.10 Å². The molecule has 150 valence electrons. The van der Waals surface area contributed by atoms with Crippen LogP contribution in [-0.2, 0) is 11.8 Å². The van der Waals surface area contributed by atoms with Gasteiger partial charge in [0.25, 0.3) is 0 Å². The fraction of sp³-hybridized carbons (Fsp3) is 0.636. The Bertz CT molecular complexity index is 706. The Morgan fingerprint density at radius 3 is 2.59 bits per heavy atom. The lowest BCUT2D eigenvalue weighted by Gasteiger charge is -2.56. The second-order valence-electron chi connectivity index (χ2n) is 8.08. The van der Waals surface area contributed by atoms with Gasteiger partial charge in [-0.2, -0.15) is 0 Å². The van der Waals surface area contributed by atoms with Crippen molar-refractivity contribution in [3.63, 3.8) is 0 Å². The molecule has 5 heteroatoms. The first-order valence-electron chi connectivity index (χ1n) is 10.1. The Labute approximate surface area is 162 Å². The molecule has 27 heavy (non-hydrogen) atoms. The predicted octanol–water partition coefficient (Wildman–Crippen LogP) is 2.76. The van der Waals surface area contributed by atoms with E-state index < -0.39 is 17.1 Å². The van der Waals surface area contributed by atoms with Crippen LogP contribution in [-0.4, -0.2) is 58.2 Å². The molecule has 0 bridgehead atoms. The van der Waals surface area contributed by atoms with Crippen molar-refractivity contribution in [3.8, 4) is 11.5 Å². The van der Waals surface area contributed by atoms with E-state index in [1.54, 1.807) is 6.07 Å². The third-order valence-electron chi connectivity index (χ3n) is 6.61. The van der Waals surface area contributed by atoms with Crippen molar-refractivity contribution in [1.82, 2.24) is 4.90 Å². The number of nitrogens with zero attached hydrogens (tertiary/aromatic N) is 1. The summed E-state index contributed by atoms with van der Waals surface area (Å²) in [5.41, 5.74) is 0.181. The smallest absolute Gasteiger partial charge is 0.165 e. The maximum Gasteiger partial charge on any atom is 0.165 e. The first-order chi connectivity index (χ1) is 12.9. The molecule has 0 amide bonds. The lowest BCUT2D eigenvalue weighted by atomic mass is 9.53. The van der Waals surface area contributed by atoms with Gasteiger partial charge in [0.05, 0.1) is 17.6 Å². The molecule has 1 aromatic carbocycles. The fourth-order valence-corrected chi connectivity index (χ4v) is 5.68. The van der Waals surface area contributed by atoms with Gasteiger partial charge in [-0.3, -0.25) is 4.90 Å². The highest BCUT2D eigenvalue weighted by Gasteiger charge is 2.66. The average Bonchev–Trinajstić information content (AvgIpc) is 2.98. The highest BCUT2D eigenvalue weighted by Crippen LogP contribution is 2.61. The van der Waals surface area contributed by atoms with Crippen molar-refractivity contribution in [1.29, 1.82) is 0 Å². The van der Waals surface area contributed by atoms with Crippen LogP contribution < -0.4 is 4.74 Å². The standard InChI is InChI=1S/C22H33NO4/c1-5-10-21-18(14-24)27-20-16(25)9-8-15(19(20)21)13-17(23(4)12-7-3)22(21,26)11-6-2/h7-9,17-18,24-26H,3,5-6,10-14H2,1-2,4H3/t17?,18?,21-,22?/m0/s1. The van der Waals surface area contributed by atoms with Gasteiger partial charge in [-0.15, -0.1) is 6.58 Å². The molecular formula is C22H33NO4. The van der Waals surface area contributed by atoms with Crippen LogP contribution in [0.1, 0.15) is 50.7 Å². The summed E-state index contributed by atoms with van der Waals surface area (Å²) in [6.45, 7) is 8.50. The summed E-state index contributed by atoms with van der Waals surface area (Å²) in [6.07, 6.45) is 4.92. The van der Waals surface area contributed by atoms with Crippen LogP contribution in [0.3, 0.4) is 0 Å². The number of aliphatic hydroxyl groups is 2. The third kappa shape index (κ3) is 2.71. The molecule has 0 saturated carbocycles. The fourth-order valence-electron chi connectivity index (χ4n) is 5.68. The van der Waals surface area contributed by atoms with Crippen LogP contribution in [0, 0.1) is 0 Å². The molecule has 0 spiro atoms. The van der Waals surface area contributed by atoms with Gasteiger partial charge in [0.15, 0.2) is 11.5 Å². The Morgan fingerprint density at radius 2 is 2.00 bits per heavy atom. The van der Waals surface area contributed by atoms with Gasteiger partial charge in [0, 0.05) is 18.2 Å². The number of aliphatic hydroxyl groups excluding tert-OH is 1. The molecule has 0 fully saturated rings. The first kappa shape index (κ1) is 20.2. The average molecular weight is 376 g/mol. The minimum absolute atomic E-state index is 0.0851. The van der Waals surface area contributed by atoms with Gasteiger partial charge in [-0.25, -0.2) is 0 Å². The van der Waals surface area contributed by atoms with Gasteiger partial charge >= 0.3 is 0 Å². The van der Waals surface area contributed by atoms with Crippen LogP contribution in [0.25, 0.3) is 0 Å². The number of hydrogen-bond acceptors (Lipinski definition) is 5. The minimum Gasteiger partial charge on any atom is -0.504 e. The molecule has 1 heterocycles. The van der Waals surface area contributed by atoms with Crippen molar-refractivity contribution in [2.45, 2.75) is 69.1 Å². The maximum atomic E-state index is 12.3. The number of ether oxygens (including phenoxy) is 1. The number of likely N-dealkylation sites (N-methyl/N-ethyl adjacent to an activating group) is 1. The van der Waals surface area contributed by atoms with Gasteiger partial charge in [0.2, 0.25) is 0 Å². The molecule has 3 N–H and O–H groups in total. The zero-order chi connectivity index (χ0) is 19.8. The first-order valence-corrected chi connectivity index (χ1v) is 10.1. The molecule has 2 aliphatic rings. The molecule has 0 aromatic heterocycles. The van der Waals surface area contributed by atoms with E-state index >= 15 is 0 Å². The molecule has 1 aliphatic heterocycles. The summed E-state index contributed by atoms with van der Waals surface area (Å²) in [5.74, 6) is 0.529. The van der Waals surface area contributed by atoms with E-state index in [-0.39, 0.29) is 18.4 Å². The Hall–Kier alpha value is -1.56. The van der Waals surface area contributed by atoms with E-state index in [1.165, 1.54) is 0 Å². The van der Waals surface area contributed by atoms with E-state index in [0.29, 0.717) is 31.6 Å². The predicted molar refractivity (Wildman–Crippen MR) is 106 cm³/mol. The Morgan fingerprint density at radius 1 is 1.30 bits per heavy atom. The third-order valence-corrected chi connectivity index (χ3v) is 6.61. The van der Waals surface area contributed by atoms with Gasteiger partial charge in [-0.05, 0) is 37.9 Å². The number of phenols is 1. The summed E-state index contributed by atoms with van der Waals surface area (Å²) in [7, 11) is 2.02. The Kier molecular flexibility index (Phi) is 5.57. The number of rotatable bonds is 8. The minimum atomic E-state index is -1.07. The van der Waals surface area contributed by atoms with Crippen molar-refractivity contribution in [2.24, 2.45) is 0 Å². The van der Waals surface area contributed by atoms with E-state index in [0.717, 1.165) is 24.0 Å². The quantitative estimate of drug-likeness (QED) is 0.610. The molecule has 3 rings (SSSR count). The summed E-state index contributed by atoms with van der Waals surface area (Å²) in [5, 5.41) is 32.9. The normalized spacial score (nSPS) is 31.6. The van der Waals surface area contributed by atoms with Gasteiger partial charge in [-0.1, -0.05) is 38.8 Å². The zero-order valence-corrected chi connectivity index (χ0v) is 16.7. The van der Waals surface area contributed by atoms with Crippen LogP contribution in [0.2, 0.25) is 0 Å². The molecule has 4 atom stereocenters. The van der Waals surface area contributed by atoms with Crippen LogP contribution in [0.15, 0.2) is 24.8 Å². The van der Waals surface area contributed by atoms with E-state index in [1.807, 2.05) is 19.2 Å². The summed E-state index contributed by atoms with van der Waals surface area (Å²) >= 11 is 0. The van der Waals surface area contributed by atoms with Crippen LogP contribution in [0.4, 0.5) is 0 Å². The van der Waals surface area contributed by atoms with Gasteiger partial charge < -0.3 is 20.1 Å². The largest absolute Gasteiger partial charge is 0.504 e. The molecular weight excluding hydrogens is 342 g/mol. The van der Waals surface area contributed by atoms with Crippen LogP contribution in [0.5, 0.6) is 11.5 Å². The maximum absolute atomic E-state index is 12.3. The molecule has 0 saturated heterocycles. The summed E-state index contributed by atoms with van der Waals surface area (Å²) in [4.78, 5) is 2.16. The lowest BCUT2D eigenvalue weighted by Crippen LogP contribution is -2.70. The monoisotopic (exact) mass is 375 g/mol. The van der Waals surface area contributed by atoms with Crippen molar-refractivity contribution >= 4 is 0 Å². The van der Waals surface area contributed by atoms with Crippen molar-refractivity contribution in [3.05, 3.63) is 35.9 Å². The van der Waals surface area contributed by atoms with E-state index in [2.05, 4.69) is 25.3 Å². The lowest BCUT2D eigenvalue weighted by molar-refractivity contribution is -0.143. The highest BCUT2D eigenvalue weighted by molar-refractivity contribution is 5.61. The second kappa shape index (κ2) is 7.46. The molecule has 1 aromatic rings. The van der Waals surface area contributed by atoms with E-state index in [9.17, 15) is 15.3 Å². The Balaban J connectivity index is 2.30. The highest BCUT2D eigenvalue weighted by atomic mass is 16.5. The molecule has 3 unspecified atom stereocenters. The van der Waals surface area contributed by atoms with Crippen molar-refractivity contribution in [2.75, 3.05) is 20.2 Å². The molecule has 5 nitrogen and oxygen atoms in total. The SMILES string of the molecule is C=CCN(C)C1Cc2ccc(O)c3c2[C@](CCC)(C(CO)O3)C1(O)CCC. The number of aromatic hydroxyl groups is 1. The summed E-state index contributed by atoms with van der Waals surface area (Å²) in [6, 6.07) is 3.49. The summed E-state index contributed by atoms with van der Waals surface area (Å²) < 4.78 is 6.10. The molecule has 0 radical (unpaired) electrons. The second-order valence-corrected chi connectivity index (χ2v) is 8.08. The van der Waals surface area contributed by atoms with Crippen molar-refractivity contribution < 1.29 is 20.1 Å². The number of benzene rings is 1. The zero-order valence-electron chi connectivity index (χ0n) is 16.7. The molecule has 1 aliphatic carbocycles. The topological polar surface area (TPSA) is 73.2 Å². The number of phenolic OH excluding ortho intramolecular Hbond substituents is 1. The number of hydrogen-bond donors (Lipinski definition) is 3. The van der Waals surface area contributed by atoms with Crippen LogP contribution >= 0.6 is 0 Å².